The maximum Gasteiger partial charge on any atom is 0.123 e. The first-order valence-electron chi connectivity index (χ1n) is 9.09. The molecule has 0 spiro atoms. The first-order chi connectivity index (χ1) is 11.9. The van der Waals surface area contributed by atoms with E-state index in [1.807, 2.05) is 12.1 Å². The Morgan fingerprint density at radius 1 is 0.880 bits per heavy atom. The molecule has 134 valence electrons. The van der Waals surface area contributed by atoms with Gasteiger partial charge in [-0.15, -0.1) is 0 Å². The molecule has 0 aliphatic heterocycles. The van der Waals surface area contributed by atoms with Crippen LogP contribution in [-0.2, 0) is 12.8 Å². The second kappa shape index (κ2) is 7.27. The predicted octanol–water partition coefficient (Wildman–Crippen LogP) is 4.22. The minimum absolute atomic E-state index is 0.0789. The van der Waals surface area contributed by atoms with E-state index in [1.54, 1.807) is 6.07 Å². The Bertz CT molecular complexity index is 690. The summed E-state index contributed by atoms with van der Waals surface area (Å²) < 4.78 is 13.4. The molecule has 0 saturated heterocycles. The molecule has 1 N–H and O–H groups in total. The van der Waals surface area contributed by atoms with Gasteiger partial charge >= 0.3 is 0 Å². The van der Waals surface area contributed by atoms with E-state index >= 15 is 0 Å². The topological polar surface area (TPSA) is 23.5 Å². The van der Waals surface area contributed by atoms with E-state index in [2.05, 4.69) is 43.3 Å². The summed E-state index contributed by atoms with van der Waals surface area (Å²) in [6, 6.07) is 17.2. The minimum atomic E-state index is -0.732. The molecule has 1 saturated carbocycles. The largest absolute Gasteiger partial charge is 0.390 e. The number of rotatable bonds is 5. The summed E-state index contributed by atoms with van der Waals surface area (Å²) in [4.78, 5) is 2.32. The molecule has 3 heteroatoms. The summed E-state index contributed by atoms with van der Waals surface area (Å²) in [5.41, 5.74) is 1.56. The van der Waals surface area contributed by atoms with Gasteiger partial charge in [-0.1, -0.05) is 42.5 Å². The zero-order chi connectivity index (χ0) is 17.9. The van der Waals surface area contributed by atoms with Crippen LogP contribution in [0.1, 0.15) is 36.8 Å². The molecule has 1 aliphatic rings. The van der Waals surface area contributed by atoms with Crippen LogP contribution < -0.4 is 0 Å². The smallest absolute Gasteiger partial charge is 0.123 e. The van der Waals surface area contributed by atoms with Crippen LogP contribution in [0.5, 0.6) is 0 Å². The van der Waals surface area contributed by atoms with Crippen LogP contribution in [0.2, 0.25) is 0 Å². The second-order valence-corrected chi connectivity index (χ2v) is 7.81. The molecule has 0 bridgehead atoms. The first-order valence-corrected chi connectivity index (χ1v) is 9.09. The van der Waals surface area contributed by atoms with Crippen LogP contribution in [0.4, 0.5) is 4.39 Å². The molecule has 2 aromatic rings. The molecule has 3 rings (SSSR count). The van der Waals surface area contributed by atoms with E-state index < -0.39 is 5.60 Å². The molecule has 25 heavy (non-hydrogen) atoms. The quantitative estimate of drug-likeness (QED) is 0.880. The van der Waals surface area contributed by atoms with E-state index in [-0.39, 0.29) is 11.4 Å². The summed E-state index contributed by atoms with van der Waals surface area (Å²) in [6.07, 6.45) is 4.90. The lowest BCUT2D eigenvalue weighted by Crippen LogP contribution is -2.53. The Morgan fingerprint density at radius 3 is 2.12 bits per heavy atom. The van der Waals surface area contributed by atoms with Gasteiger partial charge in [0.05, 0.1) is 5.60 Å². The zero-order valence-electron chi connectivity index (χ0n) is 15.2. The summed E-state index contributed by atoms with van der Waals surface area (Å²) in [7, 11) is 4.28. The average molecular weight is 341 g/mol. The average Bonchev–Trinajstić information content (AvgIpc) is 2.58. The van der Waals surface area contributed by atoms with Gasteiger partial charge in [0.2, 0.25) is 0 Å². The fraction of sp³-hybridized carbons (Fsp3) is 0.455. The molecule has 0 aromatic heterocycles. The third-order valence-electron chi connectivity index (χ3n) is 5.86. The van der Waals surface area contributed by atoms with E-state index in [0.717, 1.165) is 37.7 Å². The van der Waals surface area contributed by atoms with Crippen molar-refractivity contribution in [2.24, 2.45) is 0 Å². The molecule has 1 aliphatic carbocycles. The predicted molar refractivity (Wildman–Crippen MR) is 100 cm³/mol. The molecule has 0 atom stereocenters. The number of nitrogens with zero attached hydrogens (tertiary/aromatic N) is 1. The van der Waals surface area contributed by atoms with Crippen molar-refractivity contribution in [1.29, 1.82) is 0 Å². The standard InChI is InChI=1S/C22H28FNO/c1-24(2)21(16-18-7-4-3-5-8-18)11-13-22(25,14-12-21)17-19-9-6-10-20(23)15-19/h3-10,15,25H,11-14,16-17H2,1-2H3. The van der Waals surface area contributed by atoms with Crippen LogP contribution in [0.3, 0.4) is 0 Å². The third kappa shape index (κ3) is 4.28. The van der Waals surface area contributed by atoms with Crippen LogP contribution in [0.15, 0.2) is 54.6 Å². The van der Waals surface area contributed by atoms with Crippen LogP contribution >= 0.6 is 0 Å². The van der Waals surface area contributed by atoms with Gasteiger partial charge in [0.15, 0.2) is 0 Å². The van der Waals surface area contributed by atoms with Crippen molar-refractivity contribution >= 4 is 0 Å². The highest BCUT2D eigenvalue weighted by molar-refractivity contribution is 5.21. The number of hydrogen-bond acceptors (Lipinski definition) is 2. The molecular weight excluding hydrogens is 313 g/mol. The van der Waals surface area contributed by atoms with Gasteiger partial charge in [0.1, 0.15) is 5.82 Å². The monoisotopic (exact) mass is 341 g/mol. The van der Waals surface area contributed by atoms with E-state index in [4.69, 9.17) is 0 Å². The summed E-state index contributed by atoms with van der Waals surface area (Å²) in [5.74, 6) is -0.233. The molecule has 2 nitrogen and oxygen atoms in total. The normalized spacial score (nSPS) is 26.8. The summed E-state index contributed by atoms with van der Waals surface area (Å²) in [6.45, 7) is 0. The molecule has 1 fully saturated rings. The maximum atomic E-state index is 13.4. The van der Waals surface area contributed by atoms with Crippen molar-refractivity contribution in [1.82, 2.24) is 4.90 Å². The van der Waals surface area contributed by atoms with Crippen LogP contribution in [0.25, 0.3) is 0 Å². The third-order valence-corrected chi connectivity index (χ3v) is 5.86. The molecule has 0 heterocycles. The van der Waals surface area contributed by atoms with Gasteiger partial charge in [-0.2, -0.15) is 0 Å². The van der Waals surface area contributed by atoms with Crippen molar-refractivity contribution in [3.05, 3.63) is 71.5 Å². The molecule has 0 amide bonds. The number of hydrogen-bond donors (Lipinski definition) is 1. The number of benzene rings is 2. The molecule has 2 aromatic carbocycles. The number of halogens is 1. The van der Waals surface area contributed by atoms with E-state index in [0.29, 0.717) is 6.42 Å². The second-order valence-electron chi connectivity index (χ2n) is 7.81. The Hall–Kier alpha value is -1.71. The van der Waals surface area contributed by atoms with Gasteiger partial charge < -0.3 is 10.0 Å². The molecular formula is C22H28FNO. The van der Waals surface area contributed by atoms with Crippen molar-refractivity contribution in [2.75, 3.05) is 14.1 Å². The van der Waals surface area contributed by atoms with Crippen LogP contribution in [-0.4, -0.2) is 35.2 Å². The minimum Gasteiger partial charge on any atom is -0.390 e. The van der Waals surface area contributed by atoms with E-state index in [1.165, 1.54) is 17.7 Å². The van der Waals surface area contributed by atoms with Gasteiger partial charge in [-0.05, 0) is 69.5 Å². The van der Waals surface area contributed by atoms with E-state index in [9.17, 15) is 9.50 Å². The van der Waals surface area contributed by atoms with Crippen LogP contribution in [0, 0.1) is 5.82 Å². The Balaban J connectivity index is 1.71. The molecule has 0 radical (unpaired) electrons. The Kier molecular flexibility index (Phi) is 5.26. The van der Waals surface area contributed by atoms with Crippen molar-refractivity contribution in [2.45, 2.75) is 49.7 Å². The SMILES string of the molecule is CN(C)C1(Cc2ccccc2)CCC(O)(Cc2cccc(F)c2)CC1. The fourth-order valence-corrected chi connectivity index (χ4v) is 4.14. The fourth-order valence-electron chi connectivity index (χ4n) is 4.14. The highest BCUT2D eigenvalue weighted by Gasteiger charge is 2.43. The van der Waals surface area contributed by atoms with Crippen molar-refractivity contribution < 1.29 is 9.50 Å². The lowest BCUT2D eigenvalue weighted by molar-refractivity contribution is -0.0436. The maximum absolute atomic E-state index is 13.4. The van der Waals surface area contributed by atoms with Gasteiger partial charge in [0.25, 0.3) is 0 Å². The van der Waals surface area contributed by atoms with Gasteiger partial charge in [-0.25, -0.2) is 4.39 Å². The summed E-state index contributed by atoms with van der Waals surface area (Å²) >= 11 is 0. The van der Waals surface area contributed by atoms with Gasteiger partial charge in [-0.3, -0.25) is 0 Å². The number of likely N-dealkylation sites (N-methyl/N-ethyl adjacent to an activating group) is 1. The lowest BCUT2D eigenvalue weighted by atomic mass is 9.69. The number of aliphatic hydroxyl groups is 1. The summed E-state index contributed by atoms with van der Waals surface area (Å²) in [5, 5.41) is 11.1. The first kappa shape index (κ1) is 18.1. The zero-order valence-corrected chi connectivity index (χ0v) is 15.2. The lowest BCUT2D eigenvalue weighted by Gasteiger charge is -2.48. The highest BCUT2D eigenvalue weighted by atomic mass is 19.1. The Morgan fingerprint density at radius 2 is 1.52 bits per heavy atom. The Labute approximate surface area is 150 Å². The highest BCUT2D eigenvalue weighted by Crippen LogP contribution is 2.41. The van der Waals surface area contributed by atoms with Crippen molar-refractivity contribution in [3.63, 3.8) is 0 Å². The molecule has 0 unspecified atom stereocenters. The van der Waals surface area contributed by atoms with Gasteiger partial charge in [0, 0.05) is 12.0 Å². The van der Waals surface area contributed by atoms with Crippen molar-refractivity contribution in [3.8, 4) is 0 Å².